The van der Waals surface area contributed by atoms with Gasteiger partial charge in [-0.05, 0) is 63.9 Å². The summed E-state index contributed by atoms with van der Waals surface area (Å²) in [7, 11) is 0. The Labute approximate surface area is 149 Å². The van der Waals surface area contributed by atoms with Gasteiger partial charge in [0.2, 0.25) is 5.91 Å². The van der Waals surface area contributed by atoms with Gasteiger partial charge in [0.05, 0.1) is 17.3 Å². The Morgan fingerprint density at radius 2 is 1.71 bits per heavy atom. The van der Waals surface area contributed by atoms with Crippen LogP contribution in [-0.2, 0) is 4.79 Å². The summed E-state index contributed by atoms with van der Waals surface area (Å²) in [6.07, 6.45) is 0. The van der Waals surface area contributed by atoms with Gasteiger partial charge in [0.25, 0.3) is 0 Å². The zero-order valence-electron chi connectivity index (χ0n) is 15.0. The molecule has 128 valence electrons. The van der Waals surface area contributed by atoms with Gasteiger partial charge in [0.15, 0.2) is 0 Å². The minimum absolute atomic E-state index is 0.0712. The first-order valence-electron chi connectivity index (χ1n) is 8.18. The summed E-state index contributed by atoms with van der Waals surface area (Å²) in [6.45, 7) is 10.4. The predicted molar refractivity (Wildman–Crippen MR) is 103 cm³/mol. The third kappa shape index (κ3) is 4.51. The third-order valence-electron chi connectivity index (χ3n) is 4.00. The second-order valence-electron chi connectivity index (χ2n) is 6.54. The number of anilines is 2. The topological polar surface area (TPSA) is 32.3 Å². The average Bonchev–Trinajstić information content (AvgIpc) is 2.49. The lowest BCUT2D eigenvalue weighted by molar-refractivity contribution is -0.115. The highest BCUT2D eigenvalue weighted by Crippen LogP contribution is 2.27. The van der Waals surface area contributed by atoms with Gasteiger partial charge < -0.3 is 10.2 Å². The molecule has 0 fully saturated rings. The van der Waals surface area contributed by atoms with E-state index in [2.05, 4.69) is 43.1 Å². The van der Waals surface area contributed by atoms with Crippen molar-refractivity contribution in [1.82, 2.24) is 0 Å². The van der Waals surface area contributed by atoms with Crippen LogP contribution < -0.4 is 10.2 Å². The lowest BCUT2D eigenvalue weighted by atomic mass is 10.1. The number of nitrogens with one attached hydrogen (secondary N) is 1. The number of hydrogen-bond donors (Lipinski definition) is 1. The molecule has 0 heterocycles. The molecule has 0 aliphatic rings. The maximum absolute atomic E-state index is 12.5. The van der Waals surface area contributed by atoms with Crippen LogP contribution in [0.1, 0.15) is 30.5 Å². The highest BCUT2D eigenvalue weighted by atomic mass is 35.5. The summed E-state index contributed by atoms with van der Waals surface area (Å²) in [4.78, 5) is 14.6. The second kappa shape index (κ2) is 7.71. The first-order valence-corrected chi connectivity index (χ1v) is 8.55. The molecule has 2 rings (SSSR count). The number of aryl methyl sites for hydroxylation is 3. The first kappa shape index (κ1) is 18.3. The summed E-state index contributed by atoms with van der Waals surface area (Å²) < 4.78 is 0. The molecule has 0 unspecified atom stereocenters. The number of halogens is 1. The fourth-order valence-electron chi connectivity index (χ4n) is 2.72. The predicted octanol–water partition coefficient (Wildman–Crippen LogP) is 5.12. The number of carbonyl (C=O) groups excluding carboxylic acids is 1. The smallest absolute Gasteiger partial charge is 0.243 e. The van der Waals surface area contributed by atoms with E-state index in [0.29, 0.717) is 10.7 Å². The molecule has 2 aromatic rings. The average molecular weight is 345 g/mol. The number of amides is 1. The number of hydrogen-bond acceptors (Lipinski definition) is 2. The van der Waals surface area contributed by atoms with Crippen molar-refractivity contribution >= 4 is 28.9 Å². The van der Waals surface area contributed by atoms with Crippen LogP contribution in [0.15, 0.2) is 36.4 Å². The van der Waals surface area contributed by atoms with Crippen molar-refractivity contribution in [2.45, 2.75) is 40.7 Å². The van der Waals surface area contributed by atoms with Crippen molar-refractivity contribution in [2.75, 3.05) is 16.8 Å². The molecule has 0 spiro atoms. The SMILES string of the molecule is Cc1ccc(N(CC(=O)Nc2c(C)cc(C)cc2Cl)C(C)C)cc1. The van der Waals surface area contributed by atoms with Crippen molar-refractivity contribution in [3.05, 3.63) is 58.1 Å². The van der Waals surface area contributed by atoms with E-state index in [4.69, 9.17) is 11.6 Å². The molecular formula is C20H25ClN2O. The van der Waals surface area contributed by atoms with E-state index in [1.165, 1.54) is 5.56 Å². The van der Waals surface area contributed by atoms with Crippen LogP contribution in [-0.4, -0.2) is 18.5 Å². The summed E-state index contributed by atoms with van der Waals surface area (Å²) in [5, 5.41) is 3.54. The van der Waals surface area contributed by atoms with Gasteiger partial charge in [-0.1, -0.05) is 35.4 Å². The Hall–Kier alpha value is -2.00. The van der Waals surface area contributed by atoms with Gasteiger partial charge in [0, 0.05) is 11.7 Å². The Balaban J connectivity index is 2.16. The van der Waals surface area contributed by atoms with E-state index in [1.54, 1.807) is 0 Å². The number of benzene rings is 2. The molecule has 24 heavy (non-hydrogen) atoms. The molecule has 1 N–H and O–H groups in total. The fraction of sp³-hybridized carbons (Fsp3) is 0.350. The van der Waals surface area contributed by atoms with E-state index in [-0.39, 0.29) is 18.5 Å². The van der Waals surface area contributed by atoms with E-state index in [9.17, 15) is 4.79 Å². The van der Waals surface area contributed by atoms with Crippen LogP contribution in [0, 0.1) is 20.8 Å². The highest BCUT2D eigenvalue weighted by molar-refractivity contribution is 6.34. The zero-order chi connectivity index (χ0) is 17.9. The van der Waals surface area contributed by atoms with Crippen LogP contribution in [0.2, 0.25) is 5.02 Å². The molecule has 0 atom stereocenters. The molecule has 0 radical (unpaired) electrons. The minimum atomic E-state index is -0.0712. The molecule has 4 heteroatoms. The molecular weight excluding hydrogens is 320 g/mol. The number of nitrogens with zero attached hydrogens (tertiary/aromatic N) is 1. The molecule has 1 amide bonds. The molecule has 0 saturated heterocycles. The Kier molecular flexibility index (Phi) is 5.89. The molecule has 2 aromatic carbocycles. The molecule has 0 aromatic heterocycles. The highest BCUT2D eigenvalue weighted by Gasteiger charge is 2.16. The van der Waals surface area contributed by atoms with E-state index < -0.39 is 0 Å². The normalized spacial score (nSPS) is 10.8. The first-order chi connectivity index (χ1) is 11.3. The molecule has 3 nitrogen and oxygen atoms in total. The lowest BCUT2D eigenvalue weighted by Gasteiger charge is -2.28. The lowest BCUT2D eigenvalue weighted by Crippen LogP contribution is -2.38. The largest absolute Gasteiger partial charge is 0.360 e. The maximum Gasteiger partial charge on any atom is 0.243 e. The van der Waals surface area contributed by atoms with Crippen molar-refractivity contribution in [2.24, 2.45) is 0 Å². The van der Waals surface area contributed by atoms with Crippen LogP contribution in [0.5, 0.6) is 0 Å². The van der Waals surface area contributed by atoms with Gasteiger partial charge in [-0.15, -0.1) is 0 Å². The standard InChI is InChI=1S/C20H25ClN2O/c1-13(2)23(17-8-6-14(3)7-9-17)12-19(24)22-20-16(5)10-15(4)11-18(20)21/h6-11,13H,12H2,1-5H3,(H,22,24). The van der Waals surface area contributed by atoms with E-state index in [0.717, 1.165) is 16.8 Å². The molecule has 0 aliphatic heterocycles. The Morgan fingerprint density at radius 1 is 1.08 bits per heavy atom. The van der Waals surface area contributed by atoms with Crippen LogP contribution in [0.4, 0.5) is 11.4 Å². The Bertz CT molecular complexity index is 700. The van der Waals surface area contributed by atoms with Gasteiger partial charge in [0.1, 0.15) is 0 Å². The quantitative estimate of drug-likeness (QED) is 0.816. The van der Waals surface area contributed by atoms with Crippen molar-refractivity contribution in [1.29, 1.82) is 0 Å². The van der Waals surface area contributed by atoms with Crippen LogP contribution in [0.25, 0.3) is 0 Å². The van der Waals surface area contributed by atoms with E-state index in [1.807, 2.05) is 38.1 Å². The summed E-state index contributed by atoms with van der Waals surface area (Å²) in [6, 6.07) is 12.3. The summed E-state index contributed by atoms with van der Waals surface area (Å²) in [5.41, 5.74) is 4.99. The monoisotopic (exact) mass is 344 g/mol. The van der Waals surface area contributed by atoms with Crippen LogP contribution >= 0.6 is 11.6 Å². The van der Waals surface area contributed by atoms with E-state index >= 15 is 0 Å². The fourth-order valence-corrected chi connectivity index (χ4v) is 3.08. The van der Waals surface area contributed by atoms with Gasteiger partial charge in [-0.25, -0.2) is 0 Å². The summed E-state index contributed by atoms with van der Waals surface area (Å²) >= 11 is 6.28. The maximum atomic E-state index is 12.5. The second-order valence-corrected chi connectivity index (χ2v) is 6.95. The van der Waals surface area contributed by atoms with Crippen molar-refractivity contribution < 1.29 is 4.79 Å². The molecule has 0 aliphatic carbocycles. The van der Waals surface area contributed by atoms with Crippen LogP contribution in [0.3, 0.4) is 0 Å². The summed E-state index contributed by atoms with van der Waals surface area (Å²) in [5.74, 6) is -0.0712. The number of carbonyl (C=O) groups is 1. The van der Waals surface area contributed by atoms with Gasteiger partial charge in [-0.3, -0.25) is 4.79 Å². The Morgan fingerprint density at radius 3 is 2.25 bits per heavy atom. The molecule has 0 bridgehead atoms. The van der Waals surface area contributed by atoms with Gasteiger partial charge >= 0.3 is 0 Å². The molecule has 0 saturated carbocycles. The minimum Gasteiger partial charge on any atom is -0.360 e. The van der Waals surface area contributed by atoms with Crippen molar-refractivity contribution in [3.8, 4) is 0 Å². The zero-order valence-corrected chi connectivity index (χ0v) is 15.7. The third-order valence-corrected chi connectivity index (χ3v) is 4.30. The van der Waals surface area contributed by atoms with Crippen molar-refractivity contribution in [3.63, 3.8) is 0 Å². The number of rotatable bonds is 5. The van der Waals surface area contributed by atoms with Gasteiger partial charge in [-0.2, -0.15) is 0 Å².